The van der Waals surface area contributed by atoms with Crippen LogP contribution in [0.2, 0.25) is 0 Å². The quantitative estimate of drug-likeness (QED) is 0.650. The van der Waals surface area contributed by atoms with Crippen LogP contribution in [0, 0.1) is 17.1 Å². The van der Waals surface area contributed by atoms with Gasteiger partial charge in [0.2, 0.25) is 0 Å². The molecule has 0 aliphatic carbocycles. The van der Waals surface area contributed by atoms with Crippen molar-refractivity contribution >= 4 is 0 Å². The second-order valence-corrected chi connectivity index (χ2v) is 4.58. The summed E-state index contributed by atoms with van der Waals surface area (Å²) in [7, 11) is 3.33. The van der Waals surface area contributed by atoms with Gasteiger partial charge in [0.05, 0.1) is 18.2 Å². The van der Waals surface area contributed by atoms with E-state index in [2.05, 4.69) is 4.90 Å². The van der Waals surface area contributed by atoms with E-state index in [0.29, 0.717) is 25.3 Å². The smallest absolute Gasteiger partial charge is 0.124 e. The summed E-state index contributed by atoms with van der Waals surface area (Å²) >= 11 is 0. The topological polar surface area (TPSA) is 45.5 Å². The maximum absolute atomic E-state index is 13.4. The molecule has 0 amide bonds. The fourth-order valence-electron chi connectivity index (χ4n) is 1.99. The van der Waals surface area contributed by atoms with Gasteiger partial charge >= 0.3 is 0 Å². The molecule has 0 radical (unpaired) electrons. The maximum atomic E-state index is 13.4. The zero-order chi connectivity index (χ0) is 14.8. The highest BCUT2D eigenvalue weighted by atomic mass is 19.1. The third-order valence-corrected chi connectivity index (χ3v) is 2.93. The van der Waals surface area contributed by atoms with Gasteiger partial charge in [-0.1, -0.05) is 0 Å². The molecule has 1 rings (SSSR count). The summed E-state index contributed by atoms with van der Waals surface area (Å²) in [5, 5.41) is 8.87. The average molecular weight is 280 g/mol. The molecule has 4 nitrogen and oxygen atoms in total. The lowest BCUT2D eigenvalue weighted by Gasteiger charge is -2.22. The largest absolute Gasteiger partial charge is 0.385 e. The Morgan fingerprint density at radius 3 is 2.55 bits per heavy atom. The Labute approximate surface area is 119 Å². The molecule has 20 heavy (non-hydrogen) atoms. The molecule has 110 valence electrons. The minimum absolute atomic E-state index is 0.351. The van der Waals surface area contributed by atoms with Crippen LogP contribution in [0.3, 0.4) is 0 Å². The fourth-order valence-corrected chi connectivity index (χ4v) is 1.99. The Kier molecular flexibility index (Phi) is 7.81. The van der Waals surface area contributed by atoms with Crippen molar-refractivity contribution in [3.63, 3.8) is 0 Å². The first-order chi connectivity index (χ1) is 9.69. The highest BCUT2D eigenvalue weighted by molar-refractivity contribution is 5.33. The van der Waals surface area contributed by atoms with Crippen LogP contribution in [-0.4, -0.2) is 45.4 Å². The number of hydrogen-bond donors (Lipinski definition) is 0. The fraction of sp³-hybridized carbons (Fsp3) is 0.533. The van der Waals surface area contributed by atoms with Crippen molar-refractivity contribution in [1.82, 2.24) is 4.90 Å². The normalized spacial score (nSPS) is 10.8. The summed E-state index contributed by atoms with van der Waals surface area (Å²) in [5.74, 6) is -0.373. The van der Waals surface area contributed by atoms with E-state index >= 15 is 0 Å². The van der Waals surface area contributed by atoms with Gasteiger partial charge in [-0.2, -0.15) is 5.26 Å². The van der Waals surface area contributed by atoms with E-state index < -0.39 is 0 Å². The van der Waals surface area contributed by atoms with Crippen molar-refractivity contribution in [2.45, 2.75) is 13.0 Å². The second-order valence-electron chi connectivity index (χ2n) is 4.58. The van der Waals surface area contributed by atoms with Crippen LogP contribution in [0.15, 0.2) is 18.2 Å². The third kappa shape index (κ3) is 6.11. The lowest BCUT2D eigenvalue weighted by molar-refractivity contribution is 0.129. The van der Waals surface area contributed by atoms with E-state index in [1.54, 1.807) is 20.3 Å². The zero-order valence-electron chi connectivity index (χ0n) is 12.1. The van der Waals surface area contributed by atoms with Gasteiger partial charge in [-0.25, -0.2) is 4.39 Å². The molecule has 0 N–H and O–H groups in total. The van der Waals surface area contributed by atoms with Crippen LogP contribution in [0.4, 0.5) is 4.39 Å². The predicted molar refractivity (Wildman–Crippen MR) is 74.8 cm³/mol. The minimum Gasteiger partial charge on any atom is -0.385 e. The monoisotopic (exact) mass is 280 g/mol. The Hall–Kier alpha value is -1.48. The molecular formula is C15H21FN2O2. The van der Waals surface area contributed by atoms with E-state index in [-0.39, 0.29) is 5.82 Å². The molecule has 1 aromatic rings. The molecule has 0 bridgehead atoms. The van der Waals surface area contributed by atoms with E-state index in [1.165, 1.54) is 12.1 Å². The van der Waals surface area contributed by atoms with Gasteiger partial charge in [0, 0.05) is 40.5 Å². The number of rotatable bonds is 9. The molecule has 0 atom stereocenters. The van der Waals surface area contributed by atoms with Crippen LogP contribution in [-0.2, 0) is 16.0 Å². The highest BCUT2D eigenvalue weighted by Gasteiger charge is 2.08. The van der Waals surface area contributed by atoms with E-state index in [4.69, 9.17) is 14.7 Å². The first-order valence-corrected chi connectivity index (χ1v) is 6.59. The van der Waals surface area contributed by atoms with Crippen LogP contribution in [0.1, 0.15) is 17.5 Å². The van der Waals surface area contributed by atoms with Gasteiger partial charge in [0.1, 0.15) is 5.82 Å². The van der Waals surface area contributed by atoms with Gasteiger partial charge < -0.3 is 9.47 Å². The summed E-state index contributed by atoms with van der Waals surface area (Å²) in [6, 6.07) is 6.41. The van der Waals surface area contributed by atoms with Gasteiger partial charge in [-0.05, 0) is 30.2 Å². The molecule has 0 saturated carbocycles. The number of halogens is 1. The number of benzene rings is 1. The second kappa shape index (κ2) is 9.43. The summed E-state index contributed by atoms with van der Waals surface area (Å²) in [4.78, 5) is 2.17. The summed E-state index contributed by atoms with van der Waals surface area (Å²) < 4.78 is 23.5. The Morgan fingerprint density at radius 1 is 1.15 bits per heavy atom. The number of methoxy groups -OCH3 is 2. The molecule has 5 heteroatoms. The molecule has 0 aliphatic rings. The number of hydrogen-bond acceptors (Lipinski definition) is 4. The van der Waals surface area contributed by atoms with E-state index in [1.807, 2.05) is 6.07 Å². The summed E-state index contributed by atoms with van der Waals surface area (Å²) in [5.41, 5.74) is 1.15. The third-order valence-electron chi connectivity index (χ3n) is 2.93. The Balaban J connectivity index is 2.67. The number of nitrogens with zero attached hydrogens (tertiary/aromatic N) is 2. The minimum atomic E-state index is -0.373. The maximum Gasteiger partial charge on any atom is 0.124 e. The van der Waals surface area contributed by atoms with Crippen molar-refractivity contribution in [3.8, 4) is 6.07 Å². The van der Waals surface area contributed by atoms with Crippen molar-refractivity contribution in [1.29, 1.82) is 5.26 Å². The highest BCUT2D eigenvalue weighted by Crippen LogP contribution is 2.11. The molecule has 0 saturated heterocycles. The van der Waals surface area contributed by atoms with Crippen LogP contribution < -0.4 is 0 Å². The van der Waals surface area contributed by atoms with Crippen LogP contribution >= 0.6 is 0 Å². The molecule has 0 spiro atoms. The van der Waals surface area contributed by atoms with E-state index in [0.717, 1.165) is 25.1 Å². The molecule has 0 heterocycles. The molecule has 1 aromatic carbocycles. The lowest BCUT2D eigenvalue weighted by Crippen LogP contribution is -2.28. The number of ether oxygens (including phenoxy) is 2. The Morgan fingerprint density at radius 2 is 1.90 bits per heavy atom. The molecule has 0 aromatic heterocycles. The van der Waals surface area contributed by atoms with Crippen LogP contribution in [0.5, 0.6) is 0 Å². The lowest BCUT2D eigenvalue weighted by atomic mass is 10.1. The first-order valence-electron chi connectivity index (χ1n) is 6.59. The van der Waals surface area contributed by atoms with Crippen LogP contribution in [0.25, 0.3) is 0 Å². The van der Waals surface area contributed by atoms with Gasteiger partial charge in [-0.15, -0.1) is 0 Å². The zero-order valence-corrected chi connectivity index (χ0v) is 12.1. The molecule has 0 unspecified atom stereocenters. The van der Waals surface area contributed by atoms with Crippen molar-refractivity contribution in [2.24, 2.45) is 0 Å². The molecule has 0 fully saturated rings. The van der Waals surface area contributed by atoms with Crippen molar-refractivity contribution in [3.05, 3.63) is 35.1 Å². The standard InChI is InChI=1S/C15H21FN2O2/c1-19-6-3-4-18(5-7-20-2)12-14-8-13(11-17)9-15(16)10-14/h8-10H,3-7,12H2,1-2H3. The van der Waals surface area contributed by atoms with Gasteiger partial charge in [-0.3, -0.25) is 4.90 Å². The van der Waals surface area contributed by atoms with Gasteiger partial charge in [0.15, 0.2) is 0 Å². The Bertz CT molecular complexity index is 446. The predicted octanol–water partition coefficient (Wildman–Crippen LogP) is 2.18. The summed E-state index contributed by atoms with van der Waals surface area (Å²) in [6.07, 6.45) is 0.903. The SMILES string of the molecule is COCCCN(CCOC)Cc1cc(F)cc(C#N)c1. The average Bonchev–Trinajstić information content (AvgIpc) is 2.44. The summed E-state index contributed by atoms with van der Waals surface area (Å²) in [6.45, 7) is 3.51. The number of nitriles is 1. The molecule has 0 aliphatic heterocycles. The molecular weight excluding hydrogens is 259 g/mol. The van der Waals surface area contributed by atoms with E-state index in [9.17, 15) is 4.39 Å². The van der Waals surface area contributed by atoms with Gasteiger partial charge in [0.25, 0.3) is 0 Å². The van der Waals surface area contributed by atoms with Crippen molar-refractivity contribution < 1.29 is 13.9 Å². The van der Waals surface area contributed by atoms with Crippen molar-refractivity contribution in [2.75, 3.05) is 40.5 Å². The first kappa shape index (κ1) is 16.6.